The van der Waals surface area contributed by atoms with E-state index in [4.69, 9.17) is 0 Å². The Morgan fingerprint density at radius 3 is 2.45 bits per heavy atom. The molecule has 1 fully saturated rings. The molecule has 14 nitrogen and oxygen atoms in total. The Kier molecular flexibility index (Phi) is 7.63. The summed E-state index contributed by atoms with van der Waals surface area (Å²) < 4.78 is 1.18. The molecule has 200 valence electrons. The van der Waals surface area contributed by atoms with Gasteiger partial charge in [0.1, 0.15) is 22.9 Å². The number of β-lactam (4-membered cyclic amide) rings is 1. The Morgan fingerprint density at radius 2 is 1.84 bits per heavy atom. The number of carbonyl (C=O) groups is 4. The van der Waals surface area contributed by atoms with E-state index >= 15 is 0 Å². The smallest absolute Gasteiger partial charge is 0.352 e. The minimum Gasteiger partial charge on any atom is -0.508 e. The molecule has 16 heteroatoms. The van der Waals surface area contributed by atoms with Crippen LogP contribution in [0, 0.1) is 0 Å². The van der Waals surface area contributed by atoms with E-state index in [9.17, 15) is 44.4 Å². The lowest BCUT2D eigenvalue weighted by molar-refractivity contribution is -0.152. The van der Waals surface area contributed by atoms with Crippen molar-refractivity contribution < 1.29 is 39.6 Å². The van der Waals surface area contributed by atoms with Crippen molar-refractivity contribution in [3.63, 3.8) is 0 Å². The first-order valence-corrected chi connectivity index (χ1v) is 13.1. The lowest BCUT2D eigenvalue weighted by Gasteiger charge is -2.49. The highest BCUT2D eigenvalue weighted by Crippen LogP contribution is 2.41. The van der Waals surface area contributed by atoms with Crippen molar-refractivity contribution in [2.75, 3.05) is 11.5 Å². The van der Waals surface area contributed by atoms with Gasteiger partial charge in [0.05, 0.1) is 0 Å². The highest BCUT2D eigenvalue weighted by Gasteiger charge is 2.54. The highest BCUT2D eigenvalue weighted by atomic mass is 32.2. The molecule has 2 aliphatic rings. The van der Waals surface area contributed by atoms with Gasteiger partial charge >= 0.3 is 17.5 Å². The Balaban J connectivity index is 1.51. The number of phenolic OH excluding ortho intramolecular Hbond substituents is 1. The molecule has 38 heavy (non-hydrogen) atoms. The number of nitrogens with one attached hydrogen (secondary N) is 1. The molecular formula is C22H21N5O9S2. The van der Waals surface area contributed by atoms with Crippen molar-refractivity contribution in [1.82, 2.24) is 25.0 Å². The number of hydrogen-bond acceptors (Lipinski definition) is 11. The van der Waals surface area contributed by atoms with Crippen molar-refractivity contribution in [1.29, 1.82) is 0 Å². The average Bonchev–Trinajstić information content (AvgIpc) is 2.88. The van der Waals surface area contributed by atoms with Crippen LogP contribution >= 0.6 is 23.5 Å². The lowest BCUT2D eigenvalue weighted by atomic mass is 9.96. The topological polar surface area (TPSA) is 212 Å². The second kappa shape index (κ2) is 10.7. The van der Waals surface area contributed by atoms with E-state index in [0.717, 1.165) is 16.7 Å². The van der Waals surface area contributed by atoms with Gasteiger partial charge in [-0.1, -0.05) is 23.9 Å². The number of benzene rings is 1. The third-order valence-corrected chi connectivity index (χ3v) is 8.27. The maximum Gasteiger partial charge on any atom is 0.352 e. The predicted octanol–water partition coefficient (Wildman–Crippen LogP) is -0.232. The first-order chi connectivity index (χ1) is 18.0. The van der Waals surface area contributed by atoms with E-state index in [1.54, 1.807) is 6.92 Å². The number of carboxylic acids is 2. The van der Waals surface area contributed by atoms with E-state index in [1.165, 1.54) is 40.6 Å². The summed E-state index contributed by atoms with van der Waals surface area (Å²) >= 11 is 2.22. The second-order valence-electron chi connectivity index (χ2n) is 8.16. The van der Waals surface area contributed by atoms with Gasteiger partial charge in [0.2, 0.25) is 5.91 Å². The van der Waals surface area contributed by atoms with Gasteiger partial charge in [-0.2, -0.15) is 0 Å². The number of carbonyl (C=O) groups excluding carboxylic acids is 2. The van der Waals surface area contributed by atoms with Gasteiger partial charge in [0, 0.05) is 18.1 Å². The van der Waals surface area contributed by atoms with Gasteiger partial charge in [0.15, 0.2) is 11.1 Å². The van der Waals surface area contributed by atoms with Gasteiger partial charge in [-0.25, -0.2) is 4.79 Å². The number of hydrogen-bond donors (Lipinski definition) is 5. The Hall–Kier alpha value is -4.05. The van der Waals surface area contributed by atoms with Crippen LogP contribution in [0.5, 0.6) is 11.6 Å². The molecule has 1 aromatic carbocycles. The van der Waals surface area contributed by atoms with E-state index in [1.807, 2.05) is 0 Å². The molecule has 3 atom stereocenters. The average molecular weight is 564 g/mol. The quantitative estimate of drug-likeness (QED) is 0.152. The molecule has 1 aromatic heterocycles. The molecule has 0 aliphatic carbocycles. The number of aromatic hydroxyl groups is 2. The van der Waals surface area contributed by atoms with Gasteiger partial charge in [0.25, 0.3) is 11.8 Å². The number of aromatic nitrogens is 3. The number of nitrogens with zero attached hydrogens (tertiary/aromatic N) is 4. The van der Waals surface area contributed by atoms with Crippen LogP contribution < -0.4 is 10.9 Å². The van der Waals surface area contributed by atoms with Crippen molar-refractivity contribution in [2.24, 2.45) is 0 Å². The van der Waals surface area contributed by atoms with Crippen LogP contribution in [0.1, 0.15) is 18.4 Å². The molecule has 2 aliphatic heterocycles. The van der Waals surface area contributed by atoms with E-state index in [0.29, 0.717) is 5.57 Å². The second-order valence-corrected chi connectivity index (χ2v) is 10.2. The third-order valence-electron chi connectivity index (χ3n) is 5.87. The molecule has 2 amide bonds. The molecule has 2 unspecified atom stereocenters. The summed E-state index contributed by atoms with van der Waals surface area (Å²) in [5.41, 5.74) is -0.526. The molecular weight excluding hydrogens is 542 g/mol. The minimum atomic E-state index is -1.64. The predicted molar refractivity (Wildman–Crippen MR) is 133 cm³/mol. The van der Waals surface area contributed by atoms with Gasteiger partial charge in [-0.05, 0) is 30.2 Å². The third kappa shape index (κ3) is 4.91. The first kappa shape index (κ1) is 27.0. The molecule has 5 N–H and O–H groups in total. The molecule has 0 spiro atoms. The number of aliphatic carboxylic acids is 2. The highest BCUT2D eigenvalue weighted by molar-refractivity contribution is 8.01. The molecule has 0 saturated carbocycles. The maximum atomic E-state index is 12.9. The van der Waals surface area contributed by atoms with Crippen molar-refractivity contribution >= 4 is 47.3 Å². The number of amides is 2. The minimum absolute atomic E-state index is 0.0585. The maximum absolute atomic E-state index is 12.9. The number of carboxylic acid groups (broad SMARTS) is 2. The normalized spacial score (nSPS) is 19.4. The van der Waals surface area contributed by atoms with E-state index in [2.05, 4.69) is 15.5 Å². The van der Waals surface area contributed by atoms with Crippen LogP contribution in [0.3, 0.4) is 0 Å². The summed E-state index contributed by atoms with van der Waals surface area (Å²) in [6.07, 6.45) is 0. The van der Waals surface area contributed by atoms with Crippen LogP contribution in [0.25, 0.3) is 0 Å². The largest absolute Gasteiger partial charge is 0.508 e. The van der Waals surface area contributed by atoms with Gasteiger partial charge in [-0.15, -0.1) is 22.0 Å². The van der Waals surface area contributed by atoms with Crippen LogP contribution in [0.15, 0.2) is 45.5 Å². The van der Waals surface area contributed by atoms with E-state index < -0.39 is 52.5 Å². The summed E-state index contributed by atoms with van der Waals surface area (Å²) in [6, 6.07) is 3.90. The zero-order chi connectivity index (χ0) is 27.7. The zero-order valence-corrected chi connectivity index (χ0v) is 21.2. The fourth-order valence-electron chi connectivity index (χ4n) is 4.04. The standard InChI is InChI=1S/C22H21N5O9S2/c1-2-26-18(32)16(30)24-25-22(26)38-8-10-7-37-19-13(17(31)27(19)14(10)21(35)36)23-15(29)12(20(33)34)9-3-5-11(28)6-4-9/h3-6,12-13,19,28H,2,7-8H2,1H3,(H,23,29)(H,24,30)(H,33,34)(H,35,36)/t12?,13?,19-/m1/s1. The molecule has 4 rings (SSSR count). The Bertz CT molecular complexity index is 1410. The van der Waals surface area contributed by atoms with Crippen LogP contribution in [-0.2, 0) is 25.7 Å². The van der Waals surface area contributed by atoms with Crippen molar-refractivity contribution in [3.05, 3.63) is 51.5 Å². The van der Waals surface area contributed by atoms with Crippen LogP contribution in [0.4, 0.5) is 0 Å². The van der Waals surface area contributed by atoms with Gasteiger partial charge < -0.3 is 25.7 Å². The molecule has 1 saturated heterocycles. The first-order valence-electron chi connectivity index (χ1n) is 11.1. The van der Waals surface area contributed by atoms with E-state index in [-0.39, 0.29) is 40.2 Å². The van der Waals surface area contributed by atoms with Crippen LogP contribution in [-0.4, -0.2) is 86.8 Å². The fraction of sp³-hybridized carbons (Fsp3) is 0.318. The monoisotopic (exact) mass is 563 g/mol. The van der Waals surface area contributed by atoms with Crippen molar-refractivity contribution in [3.8, 4) is 11.6 Å². The molecule has 0 radical (unpaired) electrons. The Labute approximate surface area is 222 Å². The summed E-state index contributed by atoms with van der Waals surface area (Å²) in [6.45, 7) is 1.86. The number of fused-ring (bicyclic) bond motifs is 1. The Morgan fingerprint density at radius 1 is 1.16 bits per heavy atom. The summed E-state index contributed by atoms with van der Waals surface area (Å²) in [7, 11) is 0. The fourth-order valence-corrected chi connectivity index (χ4v) is 6.52. The summed E-state index contributed by atoms with van der Waals surface area (Å²) in [4.78, 5) is 62.7. The van der Waals surface area contributed by atoms with Gasteiger partial charge in [-0.3, -0.25) is 28.6 Å². The summed E-state index contributed by atoms with van der Waals surface area (Å²) in [5.74, 6) is -6.75. The SMILES string of the molecule is CCn1c(SCC2=C(C(=O)O)N3C(=O)C(NC(=O)C(C(=O)O)c4ccc(O)cc4)[C@H]3SC2)nnc(O)c1=O. The molecule has 2 aromatic rings. The lowest BCUT2D eigenvalue weighted by Crippen LogP contribution is -2.71. The number of rotatable bonds is 9. The summed E-state index contributed by atoms with van der Waals surface area (Å²) in [5, 5.41) is 47.4. The van der Waals surface area contributed by atoms with Crippen molar-refractivity contribution in [2.45, 2.75) is 36.0 Å². The zero-order valence-electron chi connectivity index (χ0n) is 19.6. The van der Waals surface area contributed by atoms with Crippen LogP contribution in [0.2, 0.25) is 0 Å². The molecule has 0 bridgehead atoms. The molecule has 3 heterocycles. The number of thioether (sulfide) groups is 2. The number of phenols is 1.